The van der Waals surface area contributed by atoms with Crippen molar-refractivity contribution in [2.24, 2.45) is 28.6 Å². The number of allylic oxidation sites excluding steroid dienone is 3. The minimum absolute atomic E-state index is 0.0873. The largest absolute Gasteiger partial charge is 0.468 e. The monoisotopic (exact) mass is 571 g/mol. The lowest BCUT2D eigenvalue weighted by Crippen LogP contribution is -2.50. The SMILES string of the molecule is COC(=O)CNP(=O)(NCC(=O)OC)O[C@H]1CC[C@@]2(C)C(=CC[C@@H]3[C@@H]2CC[C@]2(C)C(c4cccnc4)=CC[C@@H]32)C1. The topological polar surface area (TPSA) is 116 Å². The first kappa shape index (κ1) is 29.2. The molecule has 1 aromatic rings. The molecule has 0 radical (unpaired) electrons. The van der Waals surface area contributed by atoms with E-state index in [0.29, 0.717) is 24.2 Å². The number of ether oxygens (including phenoxy) is 2. The lowest BCUT2D eigenvalue weighted by Gasteiger charge is -2.58. The van der Waals surface area contributed by atoms with Gasteiger partial charge in [0.05, 0.1) is 20.3 Å². The number of carbonyl (C=O) groups excluding carboxylic acids is 2. The quantitative estimate of drug-likeness (QED) is 0.238. The van der Waals surface area contributed by atoms with E-state index < -0.39 is 19.6 Å². The summed E-state index contributed by atoms with van der Waals surface area (Å²) in [6, 6.07) is 4.23. The fourth-order valence-corrected chi connectivity index (χ4v) is 9.61. The lowest BCUT2D eigenvalue weighted by molar-refractivity contribution is -0.139. The van der Waals surface area contributed by atoms with Gasteiger partial charge in [-0.05, 0) is 90.7 Å². The Morgan fingerprint density at radius 1 is 1.00 bits per heavy atom. The molecule has 0 amide bonds. The van der Waals surface area contributed by atoms with Crippen LogP contribution in [-0.2, 0) is 28.2 Å². The second-order valence-electron chi connectivity index (χ2n) is 12.2. The van der Waals surface area contributed by atoms with Gasteiger partial charge < -0.3 is 14.0 Å². The third-order valence-electron chi connectivity index (χ3n) is 10.2. The van der Waals surface area contributed by atoms with Gasteiger partial charge in [0.15, 0.2) is 0 Å². The summed E-state index contributed by atoms with van der Waals surface area (Å²) >= 11 is 0. The molecule has 1 heterocycles. The van der Waals surface area contributed by atoms with E-state index in [1.54, 1.807) is 0 Å². The van der Waals surface area contributed by atoms with Gasteiger partial charge in [-0.25, -0.2) is 10.2 Å². The fourth-order valence-electron chi connectivity index (χ4n) is 8.08. The second kappa shape index (κ2) is 11.5. The zero-order chi connectivity index (χ0) is 28.5. The van der Waals surface area contributed by atoms with Crippen LogP contribution in [0.3, 0.4) is 0 Å². The molecule has 6 atom stereocenters. The van der Waals surface area contributed by atoms with E-state index in [2.05, 4.69) is 56.7 Å². The van der Waals surface area contributed by atoms with Crippen LogP contribution in [0.25, 0.3) is 5.57 Å². The molecule has 0 unspecified atom stereocenters. The van der Waals surface area contributed by atoms with Crippen LogP contribution in [0.15, 0.2) is 42.3 Å². The van der Waals surface area contributed by atoms with Crippen molar-refractivity contribution in [3.05, 3.63) is 47.8 Å². The number of hydrogen-bond acceptors (Lipinski definition) is 7. The molecule has 10 heteroatoms. The van der Waals surface area contributed by atoms with Gasteiger partial charge >= 0.3 is 19.6 Å². The molecule has 0 aromatic carbocycles. The highest BCUT2D eigenvalue weighted by molar-refractivity contribution is 7.54. The Bertz CT molecular complexity index is 1210. The summed E-state index contributed by atoms with van der Waals surface area (Å²) in [5, 5.41) is 5.32. The highest BCUT2D eigenvalue weighted by Crippen LogP contribution is 2.66. The van der Waals surface area contributed by atoms with E-state index in [0.717, 1.165) is 25.7 Å². The number of nitrogens with zero attached hydrogens (tertiary/aromatic N) is 1. The summed E-state index contributed by atoms with van der Waals surface area (Å²) in [5.74, 6) is 0.715. The second-order valence-corrected chi connectivity index (χ2v) is 14.1. The Hall–Kier alpha value is -2.32. The maximum atomic E-state index is 13.6. The minimum Gasteiger partial charge on any atom is -0.468 e. The molecule has 2 fully saturated rings. The number of nitrogens with one attached hydrogen (secondary N) is 2. The smallest absolute Gasteiger partial charge is 0.342 e. The summed E-state index contributed by atoms with van der Waals surface area (Å²) in [6.07, 6.45) is 15.4. The molecule has 2 saturated carbocycles. The number of pyridine rings is 1. The van der Waals surface area contributed by atoms with Crippen LogP contribution in [0.2, 0.25) is 0 Å². The standard InChI is InChI=1S/C30H42N3O6P/c1-29-13-11-22(39-40(36,32-18-27(34)37-3)33-19-28(35)38-4)16-21(29)7-8-23-25-10-9-24(20-6-5-15-31-17-20)30(25,2)14-12-26(23)29/h5-7,9,15,17,22-23,25-26H,8,10-14,16,18-19H2,1-4H3,(H2,32,33,36)/t22-,23-,25-,26-,29-,30+/m0/s1. The molecule has 5 rings (SSSR count). The molecule has 9 nitrogen and oxygen atoms in total. The van der Waals surface area contributed by atoms with Crippen LogP contribution in [0, 0.1) is 28.6 Å². The van der Waals surface area contributed by atoms with Crippen molar-refractivity contribution in [2.45, 2.75) is 64.9 Å². The van der Waals surface area contributed by atoms with Gasteiger partial charge in [-0.15, -0.1) is 0 Å². The molecule has 40 heavy (non-hydrogen) atoms. The van der Waals surface area contributed by atoms with Gasteiger partial charge in [0.25, 0.3) is 0 Å². The normalized spacial score (nSPS) is 33.1. The number of rotatable bonds is 9. The molecule has 2 N–H and O–H groups in total. The first-order valence-corrected chi connectivity index (χ1v) is 16.0. The molecule has 4 aliphatic rings. The Kier molecular flexibility index (Phi) is 8.40. The average molecular weight is 572 g/mol. The number of fused-ring (bicyclic) bond motifs is 5. The van der Waals surface area contributed by atoms with Crippen LogP contribution >= 0.6 is 7.67 Å². The number of aromatic nitrogens is 1. The molecular weight excluding hydrogens is 529 g/mol. The third kappa shape index (κ3) is 5.46. The molecule has 0 aliphatic heterocycles. The Morgan fingerprint density at radius 2 is 1.70 bits per heavy atom. The number of carbonyl (C=O) groups is 2. The van der Waals surface area contributed by atoms with Crippen molar-refractivity contribution in [2.75, 3.05) is 27.3 Å². The molecular formula is C30H42N3O6P. The number of methoxy groups -OCH3 is 2. The third-order valence-corrected chi connectivity index (χ3v) is 12.0. The maximum Gasteiger partial charge on any atom is 0.342 e. The maximum absolute atomic E-state index is 13.6. The van der Waals surface area contributed by atoms with Gasteiger partial charge in [-0.2, -0.15) is 0 Å². The zero-order valence-corrected chi connectivity index (χ0v) is 24.9. The molecule has 218 valence electrons. The van der Waals surface area contributed by atoms with Crippen LogP contribution in [-0.4, -0.2) is 50.3 Å². The first-order chi connectivity index (χ1) is 19.1. The number of hydrogen-bond donors (Lipinski definition) is 2. The van der Waals surface area contributed by atoms with E-state index in [9.17, 15) is 14.2 Å². The van der Waals surface area contributed by atoms with Crippen LogP contribution in [0.1, 0.15) is 64.4 Å². The van der Waals surface area contributed by atoms with E-state index >= 15 is 0 Å². The number of esters is 2. The zero-order valence-electron chi connectivity index (χ0n) is 24.0. The predicted molar refractivity (Wildman–Crippen MR) is 152 cm³/mol. The van der Waals surface area contributed by atoms with E-state index in [1.807, 2.05) is 18.5 Å². The van der Waals surface area contributed by atoms with Gasteiger partial charge in [-0.3, -0.25) is 19.1 Å². The first-order valence-electron chi connectivity index (χ1n) is 14.3. The van der Waals surface area contributed by atoms with Crippen molar-refractivity contribution < 1.29 is 28.2 Å². The van der Waals surface area contributed by atoms with E-state index in [4.69, 9.17) is 4.52 Å². The van der Waals surface area contributed by atoms with E-state index in [1.165, 1.54) is 43.8 Å². The molecule has 4 aliphatic carbocycles. The average Bonchev–Trinajstić information content (AvgIpc) is 3.32. The lowest BCUT2D eigenvalue weighted by atomic mass is 9.47. The minimum atomic E-state index is -3.72. The molecule has 0 bridgehead atoms. The van der Waals surface area contributed by atoms with Crippen molar-refractivity contribution in [1.82, 2.24) is 15.2 Å². The molecule has 0 spiro atoms. The highest BCUT2D eigenvalue weighted by Gasteiger charge is 2.57. The van der Waals surface area contributed by atoms with Crippen LogP contribution in [0.5, 0.6) is 0 Å². The van der Waals surface area contributed by atoms with Crippen molar-refractivity contribution in [3.8, 4) is 0 Å². The predicted octanol–water partition coefficient (Wildman–Crippen LogP) is 5.06. The van der Waals surface area contributed by atoms with Gasteiger partial charge in [0.1, 0.15) is 13.1 Å². The Morgan fingerprint density at radius 3 is 2.35 bits per heavy atom. The summed E-state index contributed by atoms with van der Waals surface area (Å²) in [4.78, 5) is 27.8. The summed E-state index contributed by atoms with van der Waals surface area (Å²) in [6.45, 7) is 4.29. The van der Waals surface area contributed by atoms with Gasteiger partial charge in [-0.1, -0.05) is 37.6 Å². The van der Waals surface area contributed by atoms with Gasteiger partial charge in [0.2, 0.25) is 0 Å². The van der Waals surface area contributed by atoms with Crippen molar-refractivity contribution in [1.29, 1.82) is 0 Å². The fraction of sp³-hybridized carbons (Fsp3) is 0.633. The van der Waals surface area contributed by atoms with Crippen molar-refractivity contribution in [3.63, 3.8) is 0 Å². The van der Waals surface area contributed by atoms with E-state index in [-0.39, 0.29) is 30.0 Å². The van der Waals surface area contributed by atoms with Crippen molar-refractivity contribution >= 4 is 25.2 Å². The Labute approximate surface area is 237 Å². The van der Waals surface area contributed by atoms with Gasteiger partial charge in [0, 0.05) is 12.4 Å². The summed E-state index contributed by atoms with van der Waals surface area (Å²) in [5.41, 5.74) is 4.38. The van der Waals surface area contributed by atoms with Crippen LogP contribution < -0.4 is 10.2 Å². The summed E-state index contributed by atoms with van der Waals surface area (Å²) in [7, 11) is -1.20. The Balaban J connectivity index is 1.29. The summed E-state index contributed by atoms with van der Waals surface area (Å²) < 4.78 is 29.1. The van der Waals surface area contributed by atoms with Crippen LogP contribution in [0.4, 0.5) is 0 Å². The molecule has 0 saturated heterocycles. The molecule has 1 aromatic heterocycles. The highest BCUT2D eigenvalue weighted by atomic mass is 31.2.